The number of carbonyl (C=O) groups excluding carboxylic acids is 2. The van der Waals surface area contributed by atoms with E-state index in [1.54, 1.807) is 6.07 Å². The first-order valence-corrected chi connectivity index (χ1v) is 9.92. The number of furan rings is 1. The van der Waals surface area contributed by atoms with Crippen LogP contribution in [-0.4, -0.2) is 60.5 Å². The normalized spacial score (nSPS) is 21.2. The smallest absolute Gasteiger partial charge is 0.319 e. The largest absolute Gasteiger partial charge is 0.451 e. The van der Waals surface area contributed by atoms with Gasteiger partial charge in [0.2, 0.25) is 0 Å². The second-order valence-corrected chi connectivity index (χ2v) is 7.30. The summed E-state index contributed by atoms with van der Waals surface area (Å²) in [7, 11) is 0. The van der Waals surface area contributed by atoms with Crippen LogP contribution in [0.15, 0.2) is 40.8 Å². The molecular formula is C21H26N4O3. The number of nitrogens with one attached hydrogen (secondary N) is 2. The van der Waals surface area contributed by atoms with Crippen molar-refractivity contribution in [3.63, 3.8) is 0 Å². The molecule has 2 aromatic rings. The Labute approximate surface area is 164 Å². The highest BCUT2D eigenvalue weighted by Crippen LogP contribution is 2.27. The summed E-state index contributed by atoms with van der Waals surface area (Å²) in [5.74, 6) is 0.958. The highest BCUT2D eigenvalue weighted by molar-refractivity contribution is 5.93. The van der Waals surface area contributed by atoms with E-state index in [9.17, 15) is 9.59 Å². The van der Waals surface area contributed by atoms with Crippen LogP contribution in [-0.2, 0) is 0 Å². The van der Waals surface area contributed by atoms with Crippen LogP contribution in [0.5, 0.6) is 0 Å². The maximum absolute atomic E-state index is 13.0. The fourth-order valence-corrected chi connectivity index (χ4v) is 3.99. The van der Waals surface area contributed by atoms with Gasteiger partial charge >= 0.3 is 6.03 Å². The van der Waals surface area contributed by atoms with Crippen LogP contribution in [0.3, 0.4) is 0 Å². The average molecular weight is 382 g/mol. The van der Waals surface area contributed by atoms with Crippen molar-refractivity contribution in [3.8, 4) is 11.3 Å². The van der Waals surface area contributed by atoms with E-state index < -0.39 is 0 Å². The maximum atomic E-state index is 13.0. The van der Waals surface area contributed by atoms with Crippen LogP contribution >= 0.6 is 0 Å². The summed E-state index contributed by atoms with van der Waals surface area (Å²) in [6.45, 7) is 6.26. The molecule has 3 amide bonds. The van der Waals surface area contributed by atoms with Crippen LogP contribution in [0.1, 0.15) is 30.3 Å². The van der Waals surface area contributed by atoms with Crippen molar-refractivity contribution in [2.75, 3.05) is 38.0 Å². The minimum absolute atomic E-state index is 0.0309. The van der Waals surface area contributed by atoms with Crippen molar-refractivity contribution in [1.82, 2.24) is 15.1 Å². The van der Waals surface area contributed by atoms with Gasteiger partial charge in [0.05, 0.1) is 0 Å². The summed E-state index contributed by atoms with van der Waals surface area (Å²) < 4.78 is 5.91. The molecule has 0 aliphatic carbocycles. The summed E-state index contributed by atoms with van der Waals surface area (Å²) >= 11 is 0. The van der Waals surface area contributed by atoms with E-state index >= 15 is 0 Å². The van der Waals surface area contributed by atoms with Crippen molar-refractivity contribution in [3.05, 3.63) is 42.2 Å². The second-order valence-electron chi connectivity index (χ2n) is 7.30. The predicted molar refractivity (Wildman–Crippen MR) is 107 cm³/mol. The number of hydrogen-bond donors (Lipinski definition) is 2. The molecule has 1 aromatic carbocycles. The molecular weight excluding hydrogens is 356 g/mol. The van der Waals surface area contributed by atoms with E-state index in [1.807, 2.05) is 42.2 Å². The summed E-state index contributed by atoms with van der Waals surface area (Å²) in [5.41, 5.74) is 1.49. The number of hydrogen-bond acceptors (Lipinski definition) is 4. The Balaban J connectivity index is 1.50. The maximum Gasteiger partial charge on any atom is 0.319 e. The van der Waals surface area contributed by atoms with E-state index in [0.717, 1.165) is 44.6 Å². The monoisotopic (exact) mass is 382 g/mol. The lowest BCUT2D eigenvalue weighted by atomic mass is 10.1. The summed E-state index contributed by atoms with van der Waals surface area (Å²) in [4.78, 5) is 29.1. The lowest BCUT2D eigenvalue weighted by Gasteiger charge is -2.30. The Hall–Kier alpha value is -2.80. The average Bonchev–Trinajstić information content (AvgIpc) is 3.01. The van der Waals surface area contributed by atoms with Gasteiger partial charge in [-0.15, -0.1) is 0 Å². The SMILES string of the molecule is CCNC(=O)Nc1cccc(-c2ccc(C(=O)N3CCN4CCC3CC4)o2)c1. The van der Waals surface area contributed by atoms with Crippen LogP contribution in [0.4, 0.5) is 10.5 Å². The predicted octanol–water partition coefficient (Wildman–Crippen LogP) is 3.01. The first kappa shape index (κ1) is 18.6. The molecule has 3 saturated heterocycles. The molecule has 0 saturated carbocycles. The molecule has 2 bridgehead atoms. The van der Waals surface area contributed by atoms with Gasteiger partial charge in [0.1, 0.15) is 5.76 Å². The number of nitrogens with zero attached hydrogens (tertiary/aromatic N) is 2. The van der Waals surface area contributed by atoms with E-state index in [4.69, 9.17) is 4.42 Å². The zero-order chi connectivity index (χ0) is 19.5. The number of anilines is 1. The van der Waals surface area contributed by atoms with Crippen LogP contribution in [0, 0.1) is 0 Å². The number of rotatable bonds is 4. The Bertz CT molecular complexity index is 855. The molecule has 3 aliphatic heterocycles. The molecule has 0 unspecified atom stereocenters. The van der Waals surface area contributed by atoms with Crippen molar-refractivity contribution >= 4 is 17.6 Å². The molecule has 0 atom stereocenters. The van der Waals surface area contributed by atoms with Crippen molar-refractivity contribution < 1.29 is 14.0 Å². The molecule has 5 rings (SSSR count). The molecule has 148 valence electrons. The quantitative estimate of drug-likeness (QED) is 0.852. The molecule has 7 nitrogen and oxygen atoms in total. The number of benzene rings is 1. The van der Waals surface area contributed by atoms with Gasteiger partial charge in [-0.3, -0.25) is 4.79 Å². The molecule has 7 heteroatoms. The van der Waals surface area contributed by atoms with Crippen LogP contribution in [0.25, 0.3) is 11.3 Å². The Morgan fingerprint density at radius 3 is 2.71 bits per heavy atom. The lowest BCUT2D eigenvalue weighted by molar-refractivity contribution is 0.0653. The third-order valence-electron chi connectivity index (χ3n) is 5.47. The Morgan fingerprint density at radius 2 is 1.93 bits per heavy atom. The minimum Gasteiger partial charge on any atom is -0.451 e. The van der Waals surface area contributed by atoms with Gasteiger partial charge in [0.15, 0.2) is 5.76 Å². The van der Waals surface area contributed by atoms with E-state index in [2.05, 4.69) is 15.5 Å². The molecule has 2 N–H and O–H groups in total. The number of piperidine rings is 1. The molecule has 3 fully saturated rings. The van der Waals surface area contributed by atoms with E-state index in [1.165, 1.54) is 0 Å². The third kappa shape index (κ3) is 3.89. The van der Waals surface area contributed by atoms with Crippen molar-refractivity contribution in [1.29, 1.82) is 0 Å². The van der Waals surface area contributed by atoms with Gasteiger partial charge in [-0.25, -0.2) is 4.79 Å². The number of carbonyl (C=O) groups is 2. The highest BCUT2D eigenvalue weighted by atomic mass is 16.4. The first-order chi connectivity index (χ1) is 13.6. The third-order valence-corrected chi connectivity index (χ3v) is 5.47. The molecule has 0 spiro atoms. The molecule has 28 heavy (non-hydrogen) atoms. The topological polar surface area (TPSA) is 77.8 Å². The minimum atomic E-state index is -0.248. The molecule has 3 aliphatic rings. The van der Waals surface area contributed by atoms with Crippen molar-refractivity contribution in [2.24, 2.45) is 0 Å². The zero-order valence-corrected chi connectivity index (χ0v) is 16.1. The van der Waals surface area contributed by atoms with Gasteiger partial charge in [0, 0.05) is 50.0 Å². The first-order valence-electron chi connectivity index (χ1n) is 9.92. The fourth-order valence-electron chi connectivity index (χ4n) is 3.99. The van der Waals surface area contributed by atoms with Gasteiger partial charge in [0.25, 0.3) is 5.91 Å². The Kier molecular flexibility index (Phi) is 5.34. The van der Waals surface area contributed by atoms with Gasteiger partial charge in [-0.1, -0.05) is 12.1 Å². The Morgan fingerprint density at radius 1 is 1.11 bits per heavy atom. The summed E-state index contributed by atoms with van der Waals surface area (Å²) in [6.07, 6.45) is 2.07. The number of amides is 3. The number of fused-ring (bicyclic) bond motifs is 4. The van der Waals surface area contributed by atoms with Crippen molar-refractivity contribution in [2.45, 2.75) is 25.8 Å². The fraction of sp³-hybridized carbons (Fsp3) is 0.429. The lowest BCUT2D eigenvalue weighted by Crippen LogP contribution is -2.41. The molecule has 1 aromatic heterocycles. The van der Waals surface area contributed by atoms with Crippen LogP contribution in [0.2, 0.25) is 0 Å². The highest BCUT2D eigenvalue weighted by Gasteiger charge is 2.33. The second kappa shape index (κ2) is 8.06. The zero-order valence-electron chi connectivity index (χ0n) is 16.1. The molecule has 0 radical (unpaired) electrons. The van der Waals surface area contributed by atoms with Gasteiger partial charge < -0.3 is 24.9 Å². The van der Waals surface area contributed by atoms with Gasteiger partial charge in [-0.2, -0.15) is 0 Å². The summed E-state index contributed by atoms with van der Waals surface area (Å²) in [5, 5.41) is 5.49. The number of urea groups is 1. The van der Waals surface area contributed by atoms with E-state index in [0.29, 0.717) is 29.8 Å². The van der Waals surface area contributed by atoms with Gasteiger partial charge in [-0.05, 0) is 44.0 Å². The van der Waals surface area contributed by atoms with E-state index in [-0.39, 0.29) is 11.9 Å². The standard InChI is InChI=1S/C21H26N4O3/c1-2-22-21(27)23-16-5-3-4-15(14-16)18-6-7-19(28-18)20(26)25-13-12-24-10-8-17(25)9-11-24/h3-7,14,17H,2,8-13H2,1H3,(H2,22,23,27). The summed E-state index contributed by atoms with van der Waals surface area (Å²) in [6, 6.07) is 11.0. The molecule has 4 heterocycles. The van der Waals surface area contributed by atoms with Crippen LogP contribution < -0.4 is 10.6 Å².